The zero-order valence-corrected chi connectivity index (χ0v) is 26.9. The van der Waals surface area contributed by atoms with Crippen LogP contribution < -0.4 is 10.5 Å². The number of piperidine rings is 1. The smallest absolute Gasteiger partial charge is 0.489 e. The second-order valence-electron chi connectivity index (χ2n) is 11.3. The van der Waals surface area contributed by atoms with E-state index in [0.717, 1.165) is 46.9 Å². The summed E-state index contributed by atoms with van der Waals surface area (Å²) in [4.78, 5) is 30.8. The molecule has 2 unspecified atom stereocenters. The van der Waals surface area contributed by atoms with Gasteiger partial charge in [-0.3, -0.25) is 4.79 Å². The van der Waals surface area contributed by atoms with Gasteiger partial charge in [-0.1, -0.05) is 58.4 Å². The molecule has 47 heavy (non-hydrogen) atoms. The lowest BCUT2D eigenvalue weighted by atomic mass is 9.94. The lowest BCUT2D eigenvalue weighted by Gasteiger charge is -2.42. The molecule has 0 spiro atoms. The maximum atomic E-state index is 16.6. The number of benzene rings is 3. The van der Waals surface area contributed by atoms with E-state index in [9.17, 15) is 31.2 Å². The molecule has 1 amide bonds. The first kappa shape index (κ1) is 34.7. The molecule has 2 heterocycles. The summed E-state index contributed by atoms with van der Waals surface area (Å²) in [6, 6.07) is 12.1. The Bertz CT molecular complexity index is 1680. The van der Waals surface area contributed by atoms with Crippen molar-refractivity contribution in [2.75, 3.05) is 0 Å². The average molecular weight is 747 g/mol. The van der Waals surface area contributed by atoms with Crippen molar-refractivity contribution in [1.82, 2.24) is 9.37 Å². The number of amides is 1. The third-order valence-corrected chi connectivity index (χ3v) is 10.2. The van der Waals surface area contributed by atoms with Crippen molar-refractivity contribution in [3.05, 3.63) is 94.5 Å². The summed E-state index contributed by atoms with van der Waals surface area (Å²) in [5, 5.41) is 0. The molecule has 0 aliphatic carbocycles. The van der Waals surface area contributed by atoms with Crippen LogP contribution in [0.2, 0.25) is 0 Å². The van der Waals surface area contributed by atoms with Crippen molar-refractivity contribution in [2.24, 2.45) is 5.73 Å². The van der Waals surface area contributed by atoms with E-state index in [1.165, 1.54) is 12.1 Å². The summed E-state index contributed by atoms with van der Waals surface area (Å²) in [5.41, 5.74) is 5.94. The number of carbonyl (C=O) groups is 2. The van der Waals surface area contributed by atoms with E-state index in [-0.39, 0.29) is 31.2 Å². The molecule has 0 saturated carbocycles. The number of hydroxylamine groups is 1. The molecule has 3 aromatic carbocycles. The highest BCUT2D eigenvalue weighted by atomic mass is 79.9. The SMILES string of the molecule is NC1CC2CCC(C1)N2C(=O)[C@@H](N(OC(=O)C(F)(F)F)S(=O)(=O)c1ccc(OCc2ccccc2)cc1)C(F)(F)c1ccc(Br)cc1. The van der Waals surface area contributed by atoms with E-state index in [1.54, 1.807) is 30.3 Å². The fourth-order valence-electron chi connectivity index (χ4n) is 5.85. The number of rotatable bonds is 10. The zero-order chi connectivity index (χ0) is 34.1. The molecule has 3 aromatic rings. The number of fused-ring (bicyclic) bond motifs is 2. The third kappa shape index (κ3) is 7.45. The summed E-state index contributed by atoms with van der Waals surface area (Å²) < 4.78 is 107. The minimum absolute atomic E-state index is 0.0834. The standard InChI is InChI=1S/C31H29BrF5N3O6S/c32-21-8-6-20(7-9-21)30(33,34)27(28(41)39-23-10-11-24(39)17-22(38)16-23)40(46-29(42)31(35,36)37)47(43,44)26-14-12-25(13-15-26)45-18-19-4-2-1-3-5-19/h1-9,12-15,22-24,27H,10-11,16-18,38H2/t22?,23?,24?,27-/m1/s1. The van der Waals surface area contributed by atoms with E-state index < -0.39 is 67.1 Å². The van der Waals surface area contributed by atoms with Gasteiger partial charge in [-0.25, -0.2) is 13.2 Å². The van der Waals surface area contributed by atoms with Crippen LogP contribution in [0.5, 0.6) is 5.75 Å². The minimum atomic E-state index is -5.81. The van der Waals surface area contributed by atoms with Gasteiger partial charge in [-0.15, -0.1) is 0 Å². The Labute approximate surface area is 275 Å². The molecule has 2 aliphatic heterocycles. The van der Waals surface area contributed by atoms with E-state index in [0.29, 0.717) is 17.3 Å². The number of alkyl halides is 5. The number of halogens is 6. The van der Waals surface area contributed by atoms with Gasteiger partial charge >= 0.3 is 18.1 Å². The van der Waals surface area contributed by atoms with Gasteiger partial charge in [0.05, 0.1) is 4.90 Å². The molecule has 252 valence electrons. The minimum Gasteiger partial charge on any atom is -0.489 e. The molecule has 2 aliphatic rings. The van der Waals surface area contributed by atoms with Gasteiger partial charge in [-0.2, -0.15) is 22.0 Å². The molecule has 5 rings (SSSR count). The summed E-state index contributed by atoms with van der Waals surface area (Å²) >= 11 is 3.10. The lowest BCUT2D eigenvalue weighted by molar-refractivity contribution is -0.240. The van der Waals surface area contributed by atoms with Crippen LogP contribution in [0.15, 0.2) is 88.2 Å². The molecule has 2 bridgehead atoms. The molecular formula is C31H29BrF5N3O6S. The van der Waals surface area contributed by atoms with Crippen LogP contribution in [0.25, 0.3) is 0 Å². The fraction of sp³-hybridized carbons (Fsp3) is 0.355. The Morgan fingerprint density at radius 1 is 0.915 bits per heavy atom. The van der Waals surface area contributed by atoms with Gasteiger partial charge in [0.25, 0.3) is 15.9 Å². The monoisotopic (exact) mass is 745 g/mol. The van der Waals surface area contributed by atoms with Crippen LogP contribution >= 0.6 is 15.9 Å². The van der Waals surface area contributed by atoms with Gasteiger partial charge in [0.2, 0.25) is 6.04 Å². The van der Waals surface area contributed by atoms with Gasteiger partial charge in [0.15, 0.2) is 0 Å². The maximum absolute atomic E-state index is 16.6. The molecule has 2 saturated heterocycles. The van der Waals surface area contributed by atoms with Crippen molar-refractivity contribution >= 4 is 37.8 Å². The highest BCUT2D eigenvalue weighted by molar-refractivity contribution is 9.10. The molecular weight excluding hydrogens is 717 g/mol. The Morgan fingerprint density at radius 3 is 2.04 bits per heavy atom. The predicted molar refractivity (Wildman–Crippen MR) is 161 cm³/mol. The Kier molecular flexibility index (Phi) is 9.97. The summed E-state index contributed by atoms with van der Waals surface area (Å²) in [6.45, 7) is 0.0834. The van der Waals surface area contributed by atoms with Crippen molar-refractivity contribution in [3.63, 3.8) is 0 Å². The van der Waals surface area contributed by atoms with Crippen LogP contribution in [0.4, 0.5) is 22.0 Å². The number of nitrogens with two attached hydrogens (primary N) is 1. The number of nitrogens with zero attached hydrogens (tertiary/aromatic N) is 2. The van der Waals surface area contributed by atoms with Crippen molar-refractivity contribution in [1.29, 1.82) is 0 Å². The van der Waals surface area contributed by atoms with Gasteiger partial charge < -0.3 is 20.2 Å². The highest BCUT2D eigenvalue weighted by Gasteiger charge is 2.60. The van der Waals surface area contributed by atoms with E-state index in [2.05, 4.69) is 20.8 Å². The molecule has 9 nitrogen and oxygen atoms in total. The van der Waals surface area contributed by atoms with Crippen LogP contribution in [-0.2, 0) is 37.0 Å². The average Bonchev–Trinajstić information content (AvgIpc) is 3.30. The lowest BCUT2D eigenvalue weighted by Crippen LogP contribution is -2.62. The first-order chi connectivity index (χ1) is 22.1. The molecule has 0 radical (unpaired) electrons. The number of sulfonamides is 1. The van der Waals surface area contributed by atoms with Gasteiger partial charge in [0, 0.05) is 28.2 Å². The van der Waals surface area contributed by atoms with Gasteiger partial charge in [-0.05, 0) is 72.1 Å². The maximum Gasteiger partial charge on any atom is 0.492 e. The molecule has 0 aromatic heterocycles. The summed E-state index contributed by atoms with van der Waals surface area (Å²) in [7, 11) is -5.57. The van der Waals surface area contributed by atoms with Crippen LogP contribution in [0.1, 0.15) is 36.8 Å². The summed E-state index contributed by atoms with van der Waals surface area (Å²) in [6.07, 6.45) is -4.67. The number of carbonyl (C=O) groups excluding carboxylic acids is 2. The first-order valence-electron chi connectivity index (χ1n) is 14.4. The third-order valence-electron chi connectivity index (χ3n) is 8.05. The first-order valence-corrected chi connectivity index (χ1v) is 16.6. The number of ether oxygens (including phenoxy) is 1. The van der Waals surface area contributed by atoms with E-state index >= 15 is 8.78 Å². The largest absolute Gasteiger partial charge is 0.492 e. The summed E-state index contributed by atoms with van der Waals surface area (Å²) in [5.74, 6) is -9.01. The quantitative estimate of drug-likeness (QED) is 0.210. The topological polar surface area (TPSA) is 119 Å². The Hall–Kier alpha value is -3.60. The van der Waals surface area contributed by atoms with Crippen LogP contribution in [0.3, 0.4) is 0 Å². The molecule has 2 fully saturated rings. The number of hydrogen-bond acceptors (Lipinski definition) is 7. The Morgan fingerprint density at radius 2 is 1.49 bits per heavy atom. The zero-order valence-electron chi connectivity index (χ0n) is 24.4. The van der Waals surface area contributed by atoms with Crippen molar-refractivity contribution in [2.45, 2.75) is 73.5 Å². The second kappa shape index (κ2) is 13.5. The predicted octanol–water partition coefficient (Wildman–Crippen LogP) is 5.68. The van der Waals surface area contributed by atoms with Crippen molar-refractivity contribution in [3.8, 4) is 5.75 Å². The molecule has 2 N–H and O–H groups in total. The Balaban J connectivity index is 1.58. The number of hydrogen-bond donors (Lipinski definition) is 1. The van der Waals surface area contributed by atoms with Crippen molar-refractivity contribution < 1.29 is 49.5 Å². The van der Waals surface area contributed by atoms with E-state index in [4.69, 9.17) is 10.5 Å². The van der Waals surface area contributed by atoms with E-state index in [1.807, 2.05) is 0 Å². The highest BCUT2D eigenvalue weighted by Crippen LogP contribution is 2.43. The normalized spacial score (nSPS) is 20.6. The molecule has 16 heteroatoms. The fourth-order valence-corrected chi connectivity index (χ4v) is 7.47. The molecule has 3 atom stereocenters. The van der Waals surface area contributed by atoms with Crippen LogP contribution in [0, 0.1) is 0 Å². The second-order valence-corrected chi connectivity index (χ2v) is 14.0. The van der Waals surface area contributed by atoms with Crippen LogP contribution in [-0.4, -0.2) is 60.0 Å². The van der Waals surface area contributed by atoms with Gasteiger partial charge in [0.1, 0.15) is 12.4 Å².